The van der Waals surface area contributed by atoms with Gasteiger partial charge in [0.2, 0.25) is 0 Å². The van der Waals surface area contributed by atoms with Gasteiger partial charge in [-0.05, 0) is 31.2 Å². The van der Waals surface area contributed by atoms with E-state index in [9.17, 15) is 14.4 Å². The lowest BCUT2D eigenvalue weighted by Gasteiger charge is -2.07. The Labute approximate surface area is 131 Å². The Morgan fingerprint density at radius 1 is 1.13 bits per heavy atom. The van der Waals surface area contributed by atoms with Gasteiger partial charge in [-0.1, -0.05) is 5.16 Å². The first-order valence-corrected chi connectivity index (χ1v) is 6.64. The number of Topliss-reactive ketones (excluding diaryl/α,β-unsaturated/α-hetero) is 1. The second-order valence-electron chi connectivity index (χ2n) is 4.46. The number of hydrogen-bond donors (Lipinski definition) is 1. The highest BCUT2D eigenvalue weighted by Gasteiger charge is 2.10. The van der Waals surface area contributed by atoms with Gasteiger partial charge in [-0.3, -0.25) is 9.59 Å². The van der Waals surface area contributed by atoms with Crippen LogP contribution in [0.25, 0.3) is 0 Å². The van der Waals surface area contributed by atoms with Crippen molar-refractivity contribution < 1.29 is 28.4 Å². The average Bonchev–Trinajstić information content (AvgIpc) is 3.04. The van der Waals surface area contributed by atoms with E-state index in [1.807, 2.05) is 0 Å². The van der Waals surface area contributed by atoms with Crippen molar-refractivity contribution in [3.05, 3.63) is 42.2 Å². The summed E-state index contributed by atoms with van der Waals surface area (Å²) in [5.41, 5.74) is 0.546. The normalized spacial score (nSPS) is 9.96. The molecule has 8 heteroatoms. The van der Waals surface area contributed by atoms with Crippen LogP contribution in [0.2, 0.25) is 0 Å². The van der Waals surface area contributed by atoms with E-state index in [1.54, 1.807) is 24.3 Å². The first kappa shape index (κ1) is 16.2. The molecule has 1 heterocycles. The number of carbonyl (C=O) groups excluding carboxylic acids is 3. The van der Waals surface area contributed by atoms with Crippen molar-refractivity contribution in [2.75, 3.05) is 18.5 Å². The topological polar surface area (TPSA) is 108 Å². The molecule has 0 aliphatic carbocycles. The van der Waals surface area contributed by atoms with Crippen LogP contribution in [0.1, 0.15) is 17.3 Å². The number of carbonyl (C=O) groups is 3. The number of amides is 1. The van der Waals surface area contributed by atoms with Crippen LogP contribution in [0, 0.1) is 0 Å². The molecule has 0 saturated carbocycles. The minimum atomic E-state index is -0.698. The quantitative estimate of drug-likeness (QED) is 0.608. The second-order valence-corrected chi connectivity index (χ2v) is 4.46. The zero-order chi connectivity index (χ0) is 16.7. The summed E-state index contributed by atoms with van der Waals surface area (Å²) in [6.07, 6.45) is 1.30. The lowest BCUT2D eigenvalue weighted by atomic mass is 10.1. The molecular formula is C15H14N2O6. The zero-order valence-electron chi connectivity index (χ0n) is 12.3. The fourth-order valence-corrected chi connectivity index (χ4v) is 1.57. The molecule has 0 bridgehead atoms. The fraction of sp³-hybridized carbons (Fsp3) is 0.200. The number of nitrogens with one attached hydrogen (secondary N) is 1. The number of nitrogens with zero attached hydrogens (tertiary/aromatic N) is 1. The average molecular weight is 318 g/mol. The molecule has 2 rings (SSSR count). The molecule has 8 nitrogen and oxygen atoms in total. The van der Waals surface area contributed by atoms with Crippen LogP contribution in [0.15, 0.2) is 41.1 Å². The molecule has 1 aromatic heterocycles. The predicted molar refractivity (Wildman–Crippen MR) is 78.0 cm³/mol. The van der Waals surface area contributed by atoms with Gasteiger partial charge in [0.05, 0.1) is 0 Å². The van der Waals surface area contributed by atoms with E-state index in [-0.39, 0.29) is 18.2 Å². The van der Waals surface area contributed by atoms with E-state index in [0.717, 1.165) is 0 Å². The summed E-state index contributed by atoms with van der Waals surface area (Å²) in [5, 5.41) is 5.86. The lowest BCUT2D eigenvalue weighted by Crippen LogP contribution is -2.23. The molecule has 0 radical (unpaired) electrons. The minimum Gasteiger partial charge on any atom is -0.482 e. The molecule has 23 heavy (non-hydrogen) atoms. The van der Waals surface area contributed by atoms with Gasteiger partial charge in [0.25, 0.3) is 5.91 Å². The SMILES string of the molecule is CC(=O)c1ccc(OCC(=O)OCC(=O)Nc2ccon2)cc1. The molecular weight excluding hydrogens is 304 g/mol. The van der Waals surface area contributed by atoms with Crippen molar-refractivity contribution in [3.8, 4) is 5.75 Å². The zero-order valence-corrected chi connectivity index (χ0v) is 12.3. The molecule has 0 saturated heterocycles. The van der Waals surface area contributed by atoms with Crippen LogP contribution in [-0.2, 0) is 14.3 Å². The largest absolute Gasteiger partial charge is 0.482 e. The highest BCUT2D eigenvalue weighted by molar-refractivity contribution is 5.94. The maximum absolute atomic E-state index is 11.5. The molecule has 2 aromatic rings. The van der Waals surface area contributed by atoms with E-state index in [2.05, 4.69) is 15.0 Å². The second kappa shape index (κ2) is 7.74. The monoisotopic (exact) mass is 318 g/mol. The van der Waals surface area contributed by atoms with Crippen molar-refractivity contribution >= 4 is 23.5 Å². The third kappa shape index (κ3) is 5.27. The molecule has 0 spiro atoms. The summed E-state index contributed by atoms with van der Waals surface area (Å²) in [7, 11) is 0. The molecule has 0 fully saturated rings. The summed E-state index contributed by atoms with van der Waals surface area (Å²) in [6, 6.07) is 7.78. The van der Waals surface area contributed by atoms with Crippen LogP contribution in [0.3, 0.4) is 0 Å². The van der Waals surface area contributed by atoms with Gasteiger partial charge in [0.1, 0.15) is 12.0 Å². The van der Waals surface area contributed by atoms with Crippen LogP contribution >= 0.6 is 0 Å². The maximum Gasteiger partial charge on any atom is 0.344 e. The molecule has 1 N–H and O–H groups in total. The van der Waals surface area contributed by atoms with Crippen LogP contribution in [-0.4, -0.2) is 36.0 Å². The fourth-order valence-electron chi connectivity index (χ4n) is 1.57. The predicted octanol–water partition coefficient (Wildman–Crippen LogP) is 1.44. The Balaban J connectivity index is 1.70. The van der Waals surface area contributed by atoms with E-state index >= 15 is 0 Å². The molecule has 0 aliphatic rings. The Bertz CT molecular complexity index is 679. The van der Waals surface area contributed by atoms with Gasteiger partial charge in [-0.2, -0.15) is 0 Å². The minimum absolute atomic E-state index is 0.0610. The highest BCUT2D eigenvalue weighted by atomic mass is 16.6. The Hall–Kier alpha value is -3.16. The summed E-state index contributed by atoms with van der Waals surface area (Å²) in [6.45, 7) is 0.645. The number of esters is 1. The van der Waals surface area contributed by atoms with Crippen molar-refractivity contribution in [3.63, 3.8) is 0 Å². The van der Waals surface area contributed by atoms with E-state index < -0.39 is 18.5 Å². The summed E-state index contributed by atoms with van der Waals surface area (Å²) < 4.78 is 14.5. The number of rotatable bonds is 7. The first-order valence-electron chi connectivity index (χ1n) is 6.64. The molecule has 0 unspecified atom stereocenters. The first-order chi connectivity index (χ1) is 11.0. The van der Waals surface area contributed by atoms with Crippen molar-refractivity contribution in [1.29, 1.82) is 0 Å². The highest BCUT2D eigenvalue weighted by Crippen LogP contribution is 2.12. The van der Waals surface area contributed by atoms with Gasteiger partial charge >= 0.3 is 5.97 Å². The Morgan fingerprint density at radius 3 is 2.48 bits per heavy atom. The Kier molecular flexibility index (Phi) is 5.45. The van der Waals surface area contributed by atoms with Gasteiger partial charge in [-0.15, -0.1) is 0 Å². The number of anilines is 1. The third-order valence-electron chi connectivity index (χ3n) is 2.69. The van der Waals surface area contributed by atoms with Crippen molar-refractivity contribution in [1.82, 2.24) is 5.16 Å². The van der Waals surface area contributed by atoms with Crippen LogP contribution in [0.4, 0.5) is 5.82 Å². The molecule has 120 valence electrons. The van der Waals surface area contributed by atoms with Crippen molar-refractivity contribution in [2.45, 2.75) is 6.92 Å². The number of aromatic nitrogens is 1. The van der Waals surface area contributed by atoms with E-state index in [1.165, 1.54) is 19.3 Å². The maximum atomic E-state index is 11.5. The third-order valence-corrected chi connectivity index (χ3v) is 2.69. The van der Waals surface area contributed by atoms with Gasteiger partial charge in [0, 0.05) is 11.6 Å². The van der Waals surface area contributed by atoms with Gasteiger partial charge < -0.3 is 19.3 Å². The van der Waals surface area contributed by atoms with Crippen LogP contribution < -0.4 is 10.1 Å². The van der Waals surface area contributed by atoms with Gasteiger partial charge in [0.15, 0.2) is 24.8 Å². The number of benzene rings is 1. The number of ketones is 1. The molecule has 1 amide bonds. The molecule has 1 aromatic carbocycles. The van der Waals surface area contributed by atoms with E-state index in [4.69, 9.17) is 9.47 Å². The molecule has 0 atom stereocenters. The number of ether oxygens (including phenoxy) is 2. The smallest absolute Gasteiger partial charge is 0.344 e. The Morgan fingerprint density at radius 2 is 1.87 bits per heavy atom. The van der Waals surface area contributed by atoms with Crippen molar-refractivity contribution in [2.24, 2.45) is 0 Å². The van der Waals surface area contributed by atoms with Crippen LogP contribution in [0.5, 0.6) is 5.75 Å². The van der Waals surface area contributed by atoms with E-state index in [0.29, 0.717) is 11.3 Å². The molecule has 0 aliphatic heterocycles. The standard InChI is InChI=1S/C15H14N2O6/c1-10(18)11-2-4-12(5-3-11)21-9-15(20)22-8-14(19)16-13-6-7-23-17-13/h2-7H,8-9H2,1H3,(H,16,17,19). The van der Waals surface area contributed by atoms with Gasteiger partial charge in [-0.25, -0.2) is 4.79 Å². The lowest BCUT2D eigenvalue weighted by molar-refractivity contribution is -0.149. The summed E-state index contributed by atoms with van der Waals surface area (Å²) in [4.78, 5) is 34.1. The summed E-state index contributed by atoms with van der Waals surface area (Å²) in [5.74, 6) is -0.657. The summed E-state index contributed by atoms with van der Waals surface area (Å²) >= 11 is 0. The number of hydrogen-bond acceptors (Lipinski definition) is 7.